The van der Waals surface area contributed by atoms with E-state index in [1.54, 1.807) is 24.3 Å². The lowest BCUT2D eigenvalue weighted by molar-refractivity contribution is -0.144. The molecular formula is C15H15ClN2O3. The molecule has 1 aromatic rings. The Morgan fingerprint density at radius 2 is 1.71 bits per heavy atom. The predicted molar refractivity (Wildman–Crippen MR) is 78.0 cm³/mol. The number of nitrogens with one attached hydrogen (secondary N) is 1. The second kappa shape index (κ2) is 5.15. The van der Waals surface area contributed by atoms with Crippen LogP contribution in [0.2, 0.25) is 5.02 Å². The van der Waals surface area contributed by atoms with Gasteiger partial charge < -0.3 is 0 Å². The van der Waals surface area contributed by atoms with Crippen molar-refractivity contribution >= 4 is 35.1 Å². The SMILES string of the molecule is O=C1NC(=O)C2(CCCCC2)C(=O)N1c1ccccc1Cl. The third-order valence-corrected chi connectivity index (χ3v) is 4.59. The number of amides is 4. The molecule has 1 spiro atoms. The fourth-order valence-electron chi connectivity index (χ4n) is 3.12. The molecule has 2 fully saturated rings. The minimum Gasteiger partial charge on any atom is -0.276 e. The van der Waals surface area contributed by atoms with E-state index in [-0.39, 0.29) is 0 Å². The maximum absolute atomic E-state index is 12.9. The van der Waals surface area contributed by atoms with Crippen LogP contribution >= 0.6 is 11.6 Å². The van der Waals surface area contributed by atoms with Crippen molar-refractivity contribution in [2.75, 3.05) is 4.90 Å². The van der Waals surface area contributed by atoms with E-state index in [1.165, 1.54) is 0 Å². The van der Waals surface area contributed by atoms with E-state index < -0.39 is 23.3 Å². The van der Waals surface area contributed by atoms with E-state index in [1.807, 2.05) is 0 Å². The average molecular weight is 307 g/mol. The van der Waals surface area contributed by atoms with Crippen LogP contribution in [0.25, 0.3) is 0 Å². The maximum atomic E-state index is 12.9. The lowest BCUT2D eigenvalue weighted by atomic mass is 9.71. The van der Waals surface area contributed by atoms with Gasteiger partial charge in [-0.05, 0) is 25.0 Å². The van der Waals surface area contributed by atoms with Crippen LogP contribution in [0.4, 0.5) is 10.5 Å². The first-order valence-corrected chi connectivity index (χ1v) is 7.38. The number of carbonyl (C=O) groups is 3. The van der Waals surface area contributed by atoms with E-state index in [2.05, 4.69) is 5.32 Å². The van der Waals surface area contributed by atoms with Crippen LogP contribution < -0.4 is 10.2 Å². The molecule has 3 rings (SSSR count). The Bertz CT molecular complexity index is 623. The van der Waals surface area contributed by atoms with Gasteiger partial charge in [0.05, 0.1) is 10.7 Å². The topological polar surface area (TPSA) is 66.5 Å². The van der Waals surface area contributed by atoms with Crippen LogP contribution in [0.15, 0.2) is 24.3 Å². The third kappa shape index (κ3) is 2.12. The van der Waals surface area contributed by atoms with Crippen molar-refractivity contribution in [2.45, 2.75) is 32.1 Å². The van der Waals surface area contributed by atoms with Gasteiger partial charge >= 0.3 is 6.03 Å². The molecule has 4 amide bonds. The summed E-state index contributed by atoms with van der Waals surface area (Å²) >= 11 is 6.09. The quantitative estimate of drug-likeness (QED) is 0.811. The molecule has 0 atom stereocenters. The summed E-state index contributed by atoms with van der Waals surface area (Å²) in [4.78, 5) is 38.2. The number of barbiturate groups is 1. The normalized spacial score (nSPS) is 21.6. The smallest absolute Gasteiger partial charge is 0.276 e. The number of halogens is 1. The first-order chi connectivity index (χ1) is 10.1. The summed E-state index contributed by atoms with van der Waals surface area (Å²) in [5.41, 5.74) is -0.801. The van der Waals surface area contributed by atoms with Gasteiger partial charge in [0.25, 0.3) is 5.91 Å². The highest BCUT2D eigenvalue weighted by atomic mass is 35.5. The summed E-state index contributed by atoms with van der Waals surface area (Å²) in [6, 6.07) is 5.91. The molecule has 0 radical (unpaired) electrons. The number of para-hydroxylation sites is 1. The first-order valence-electron chi connectivity index (χ1n) is 7.01. The van der Waals surface area contributed by atoms with Gasteiger partial charge in [-0.3, -0.25) is 14.9 Å². The third-order valence-electron chi connectivity index (χ3n) is 4.27. The highest BCUT2D eigenvalue weighted by Crippen LogP contribution is 2.42. The fourth-order valence-corrected chi connectivity index (χ4v) is 3.34. The molecule has 2 aliphatic rings. The average Bonchev–Trinajstić information content (AvgIpc) is 2.48. The second-order valence-electron chi connectivity index (χ2n) is 5.49. The van der Waals surface area contributed by atoms with Crippen LogP contribution in [0, 0.1) is 5.41 Å². The standard InChI is InChI=1S/C15H15ClN2O3/c16-10-6-2-3-7-11(10)18-13(20)15(8-4-1-5-9-15)12(19)17-14(18)21/h2-3,6-7H,1,4-5,8-9H2,(H,17,19,21). The second-order valence-corrected chi connectivity index (χ2v) is 5.90. The van der Waals surface area contributed by atoms with Gasteiger partial charge in [-0.2, -0.15) is 0 Å². The minimum atomic E-state index is -1.12. The van der Waals surface area contributed by atoms with E-state index in [0.717, 1.165) is 24.2 Å². The van der Waals surface area contributed by atoms with E-state index >= 15 is 0 Å². The predicted octanol–water partition coefficient (Wildman–Crippen LogP) is 2.87. The zero-order valence-electron chi connectivity index (χ0n) is 11.4. The molecule has 1 N–H and O–H groups in total. The molecule has 0 unspecified atom stereocenters. The Balaban J connectivity index is 2.05. The minimum absolute atomic E-state index is 0.307. The molecule has 21 heavy (non-hydrogen) atoms. The van der Waals surface area contributed by atoms with Crippen LogP contribution in [-0.4, -0.2) is 17.8 Å². The van der Waals surface area contributed by atoms with E-state index in [9.17, 15) is 14.4 Å². The largest absolute Gasteiger partial charge is 0.335 e. The van der Waals surface area contributed by atoms with Gasteiger partial charge in [-0.1, -0.05) is 43.0 Å². The summed E-state index contributed by atoms with van der Waals surface area (Å²) in [7, 11) is 0. The zero-order valence-corrected chi connectivity index (χ0v) is 12.2. The molecule has 110 valence electrons. The molecule has 1 heterocycles. The van der Waals surface area contributed by atoms with Crippen molar-refractivity contribution in [2.24, 2.45) is 5.41 Å². The van der Waals surface area contributed by atoms with Crippen molar-refractivity contribution in [1.82, 2.24) is 5.32 Å². The van der Waals surface area contributed by atoms with Crippen molar-refractivity contribution < 1.29 is 14.4 Å². The summed E-state index contributed by atoms with van der Waals surface area (Å²) in [6.07, 6.45) is 3.58. The first kappa shape index (κ1) is 14.1. The molecule has 6 heteroatoms. The van der Waals surface area contributed by atoms with Gasteiger partial charge in [-0.15, -0.1) is 0 Å². The fraction of sp³-hybridized carbons (Fsp3) is 0.400. The summed E-state index contributed by atoms with van der Waals surface area (Å²) in [5.74, 6) is -0.926. The van der Waals surface area contributed by atoms with Crippen LogP contribution in [0.1, 0.15) is 32.1 Å². The van der Waals surface area contributed by atoms with Crippen LogP contribution in [0.5, 0.6) is 0 Å². The molecule has 0 bridgehead atoms. The Morgan fingerprint density at radius 3 is 2.38 bits per heavy atom. The Kier molecular flexibility index (Phi) is 3.45. The number of benzene rings is 1. The summed E-state index contributed by atoms with van der Waals surface area (Å²) < 4.78 is 0. The van der Waals surface area contributed by atoms with Gasteiger partial charge in [0, 0.05) is 0 Å². The van der Waals surface area contributed by atoms with Gasteiger partial charge in [0.15, 0.2) is 0 Å². The molecule has 1 saturated carbocycles. The van der Waals surface area contributed by atoms with Crippen LogP contribution in [-0.2, 0) is 9.59 Å². The van der Waals surface area contributed by atoms with E-state index in [4.69, 9.17) is 11.6 Å². The van der Waals surface area contributed by atoms with E-state index in [0.29, 0.717) is 23.6 Å². The molecule has 5 nitrogen and oxygen atoms in total. The molecule has 1 saturated heterocycles. The number of anilines is 1. The lowest BCUT2D eigenvalue weighted by Gasteiger charge is -2.41. The molecule has 1 aliphatic carbocycles. The molecular weight excluding hydrogens is 292 g/mol. The highest BCUT2D eigenvalue weighted by molar-refractivity contribution is 6.37. The van der Waals surface area contributed by atoms with Crippen molar-refractivity contribution in [3.05, 3.63) is 29.3 Å². The number of imide groups is 2. The Labute approximate surface area is 127 Å². The maximum Gasteiger partial charge on any atom is 0.335 e. The Morgan fingerprint density at radius 1 is 1.05 bits per heavy atom. The molecule has 1 aliphatic heterocycles. The zero-order chi connectivity index (χ0) is 15.0. The van der Waals surface area contributed by atoms with Gasteiger partial charge in [0.2, 0.25) is 5.91 Å². The highest BCUT2D eigenvalue weighted by Gasteiger charge is 2.54. The Hall–Kier alpha value is -1.88. The number of urea groups is 1. The molecule has 0 aromatic heterocycles. The van der Waals surface area contributed by atoms with Crippen molar-refractivity contribution in [1.29, 1.82) is 0 Å². The summed E-state index contributed by atoms with van der Waals surface area (Å²) in [6.45, 7) is 0. The van der Waals surface area contributed by atoms with Crippen molar-refractivity contribution in [3.8, 4) is 0 Å². The number of rotatable bonds is 1. The lowest BCUT2D eigenvalue weighted by Crippen LogP contribution is -2.64. The monoisotopic (exact) mass is 306 g/mol. The molecule has 1 aromatic carbocycles. The number of carbonyl (C=O) groups excluding carboxylic acids is 3. The van der Waals surface area contributed by atoms with Crippen molar-refractivity contribution in [3.63, 3.8) is 0 Å². The van der Waals surface area contributed by atoms with Gasteiger partial charge in [0.1, 0.15) is 5.41 Å². The number of hydrogen-bond donors (Lipinski definition) is 1. The van der Waals surface area contributed by atoms with Crippen LogP contribution in [0.3, 0.4) is 0 Å². The number of nitrogens with zero attached hydrogens (tertiary/aromatic N) is 1. The number of hydrogen-bond acceptors (Lipinski definition) is 3. The van der Waals surface area contributed by atoms with Gasteiger partial charge in [-0.25, -0.2) is 9.69 Å². The summed E-state index contributed by atoms with van der Waals surface area (Å²) in [5, 5.41) is 2.62.